The molecule has 1 aliphatic carbocycles. The van der Waals surface area contributed by atoms with Crippen LogP contribution in [-0.4, -0.2) is 48.6 Å². The Labute approximate surface area is 166 Å². The summed E-state index contributed by atoms with van der Waals surface area (Å²) in [6, 6.07) is 1.65. The molecule has 9 heteroatoms. The van der Waals surface area contributed by atoms with E-state index in [1.54, 1.807) is 22.0 Å². The molecule has 3 atom stereocenters. The molecule has 0 radical (unpaired) electrons. The summed E-state index contributed by atoms with van der Waals surface area (Å²) in [5, 5.41) is 7.24. The molecule has 3 unspecified atom stereocenters. The first-order chi connectivity index (χ1) is 13.8. The standard InChI is InChI=1S/C20H22F2N6O/c1-19(11-20(19,21)22)17(29)28-14-3-4-15(28)8-12(7-14)16-5-6-23-18(26-16)25-13-9-24-27(2)10-13/h5-7,9-10,14-15H,3-4,8,11H2,1-2H3,(H,23,25,26). The number of anilines is 2. The van der Waals surface area contributed by atoms with Gasteiger partial charge in [-0.1, -0.05) is 6.08 Å². The summed E-state index contributed by atoms with van der Waals surface area (Å²) in [6.45, 7) is 1.38. The number of rotatable bonds is 4. The van der Waals surface area contributed by atoms with Crippen LogP contribution in [0.5, 0.6) is 0 Å². The summed E-state index contributed by atoms with van der Waals surface area (Å²) in [4.78, 5) is 23.4. The van der Waals surface area contributed by atoms with Gasteiger partial charge >= 0.3 is 0 Å². The minimum absolute atomic E-state index is 0.0505. The van der Waals surface area contributed by atoms with Crippen molar-refractivity contribution in [3.05, 3.63) is 36.4 Å². The number of nitrogens with zero attached hydrogens (tertiary/aromatic N) is 5. The maximum atomic E-state index is 13.7. The smallest absolute Gasteiger partial charge is 0.263 e. The molecule has 29 heavy (non-hydrogen) atoms. The lowest BCUT2D eigenvalue weighted by molar-refractivity contribution is -0.142. The first-order valence-electron chi connectivity index (χ1n) is 9.77. The van der Waals surface area contributed by atoms with Crippen molar-refractivity contribution in [2.24, 2.45) is 12.5 Å². The van der Waals surface area contributed by atoms with Crippen LogP contribution in [0.4, 0.5) is 20.4 Å². The Balaban J connectivity index is 1.37. The zero-order chi connectivity index (χ0) is 20.4. The number of amides is 1. The second-order valence-corrected chi connectivity index (χ2v) is 8.41. The average molecular weight is 400 g/mol. The molecule has 1 saturated carbocycles. The molecule has 1 saturated heterocycles. The van der Waals surface area contributed by atoms with Crippen molar-refractivity contribution < 1.29 is 13.6 Å². The van der Waals surface area contributed by atoms with Gasteiger partial charge in [0.2, 0.25) is 11.9 Å². The van der Waals surface area contributed by atoms with E-state index in [1.165, 1.54) is 6.92 Å². The maximum absolute atomic E-state index is 13.7. The summed E-state index contributed by atoms with van der Waals surface area (Å²) in [6.07, 6.45) is 9.11. The average Bonchev–Trinajstić information content (AvgIpc) is 2.92. The van der Waals surface area contributed by atoms with Crippen LogP contribution in [0.1, 0.15) is 38.3 Å². The van der Waals surface area contributed by atoms with Crippen molar-refractivity contribution >= 4 is 23.1 Å². The van der Waals surface area contributed by atoms with Gasteiger partial charge in [-0.3, -0.25) is 9.48 Å². The lowest BCUT2D eigenvalue weighted by atomic mass is 9.96. The number of hydrogen-bond acceptors (Lipinski definition) is 5. The van der Waals surface area contributed by atoms with E-state index in [1.807, 2.05) is 25.4 Å². The van der Waals surface area contributed by atoms with Gasteiger partial charge in [0.15, 0.2) is 0 Å². The van der Waals surface area contributed by atoms with Gasteiger partial charge in [0.1, 0.15) is 5.41 Å². The second-order valence-electron chi connectivity index (χ2n) is 8.41. The van der Waals surface area contributed by atoms with Crippen molar-refractivity contribution in [1.82, 2.24) is 24.6 Å². The molecule has 152 valence electrons. The van der Waals surface area contributed by atoms with E-state index in [0.717, 1.165) is 29.8 Å². The molecule has 3 aliphatic rings. The number of hydrogen-bond donors (Lipinski definition) is 1. The Hall–Kier alpha value is -2.84. The van der Waals surface area contributed by atoms with Crippen LogP contribution >= 0.6 is 0 Å². The third kappa shape index (κ3) is 2.90. The van der Waals surface area contributed by atoms with Gasteiger partial charge in [-0.25, -0.2) is 18.7 Å². The van der Waals surface area contributed by atoms with Gasteiger partial charge in [-0.05, 0) is 37.8 Å². The molecule has 1 N–H and O–H groups in total. The molecule has 2 aromatic rings. The topological polar surface area (TPSA) is 75.9 Å². The molecule has 2 aromatic heterocycles. The number of aryl methyl sites for hydroxylation is 1. The zero-order valence-electron chi connectivity index (χ0n) is 16.3. The van der Waals surface area contributed by atoms with E-state index in [4.69, 9.17) is 0 Å². The van der Waals surface area contributed by atoms with Gasteiger partial charge in [-0.2, -0.15) is 5.10 Å². The number of alkyl halides is 2. The fraction of sp³-hybridized carbons (Fsp3) is 0.500. The quantitative estimate of drug-likeness (QED) is 0.853. The van der Waals surface area contributed by atoms with Crippen molar-refractivity contribution in [1.29, 1.82) is 0 Å². The summed E-state index contributed by atoms with van der Waals surface area (Å²) in [7, 11) is 1.83. The molecular formula is C20H22F2N6O. The molecule has 0 spiro atoms. The largest absolute Gasteiger partial charge is 0.332 e. The number of carbonyl (C=O) groups excluding carboxylic acids is 1. The predicted molar refractivity (Wildman–Crippen MR) is 102 cm³/mol. The molecule has 2 aliphatic heterocycles. The summed E-state index contributed by atoms with van der Waals surface area (Å²) < 4.78 is 29.2. The Bertz CT molecular complexity index is 1020. The fourth-order valence-electron chi connectivity index (χ4n) is 4.47. The third-order valence-electron chi connectivity index (χ3n) is 6.31. The van der Waals surface area contributed by atoms with Crippen molar-refractivity contribution in [3.63, 3.8) is 0 Å². The Morgan fingerprint density at radius 1 is 1.34 bits per heavy atom. The Kier molecular flexibility index (Phi) is 3.81. The highest BCUT2D eigenvalue weighted by molar-refractivity contribution is 5.89. The molecular weight excluding hydrogens is 378 g/mol. The van der Waals surface area contributed by atoms with Crippen LogP contribution in [0.15, 0.2) is 30.7 Å². The van der Waals surface area contributed by atoms with Gasteiger partial charge in [0.05, 0.1) is 23.6 Å². The summed E-state index contributed by atoms with van der Waals surface area (Å²) >= 11 is 0. The predicted octanol–water partition coefficient (Wildman–Crippen LogP) is 3.15. The van der Waals surface area contributed by atoms with Crippen molar-refractivity contribution in [2.45, 2.75) is 50.6 Å². The molecule has 2 bridgehead atoms. The third-order valence-corrected chi connectivity index (χ3v) is 6.31. The van der Waals surface area contributed by atoms with Crippen LogP contribution < -0.4 is 5.32 Å². The van der Waals surface area contributed by atoms with Crippen molar-refractivity contribution in [3.8, 4) is 0 Å². The highest BCUT2D eigenvalue weighted by Gasteiger charge is 2.74. The van der Waals surface area contributed by atoms with Crippen LogP contribution in [0.3, 0.4) is 0 Å². The monoisotopic (exact) mass is 400 g/mol. The molecule has 1 amide bonds. The zero-order valence-corrected chi connectivity index (χ0v) is 16.3. The van der Waals surface area contributed by atoms with E-state index in [0.29, 0.717) is 12.4 Å². The van der Waals surface area contributed by atoms with E-state index < -0.39 is 17.2 Å². The molecule has 5 rings (SSSR count). The van der Waals surface area contributed by atoms with Crippen LogP contribution in [-0.2, 0) is 11.8 Å². The number of nitrogens with one attached hydrogen (secondary N) is 1. The fourth-order valence-corrected chi connectivity index (χ4v) is 4.47. The van der Waals surface area contributed by atoms with Gasteiger partial charge < -0.3 is 10.2 Å². The SMILES string of the molecule is Cn1cc(Nc2nccc(C3=CC4CCC(C3)N4C(=O)C3(C)CC3(F)F)n2)cn1. The molecule has 4 heterocycles. The number of halogens is 2. The first kappa shape index (κ1) is 18.2. The number of carbonyl (C=O) groups is 1. The molecule has 2 fully saturated rings. The minimum Gasteiger partial charge on any atom is -0.332 e. The Morgan fingerprint density at radius 3 is 2.79 bits per heavy atom. The van der Waals surface area contributed by atoms with Crippen LogP contribution in [0, 0.1) is 5.41 Å². The van der Waals surface area contributed by atoms with E-state index in [2.05, 4.69) is 20.4 Å². The van der Waals surface area contributed by atoms with Gasteiger partial charge in [-0.15, -0.1) is 0 Å². The van der Waals surface area contributed by atoms with Gasteiger partial charge in [0.25, 0.3) is 5.92 Å². The number of aromatic nitrogens is 4. The second kappa shape index (κ2) is 6.08. The molecule has 7 nitrogen and oxygen atoms in total. The lowest BCUT2D eigenvalue weighted by Crippen LogP contribution is -2.47. The van der Waals surface area contributed by atoms with E-state index in [9.17, 15) is 13.6 Å². The lowest BCUT2D eigenvalue weighted by Gasteiger charge is -2.36. The summed E-state index contributed by atoms with van der Waals surface area (Å²) in [5.74, 6) is -2.83. The number of fused-ring (bicyclic) bond motifs is 2. The van der Waals surface area contributed by atoms with E-state index >= 15 is 0 Å². The Morgan fingerprint density at radius 2 is 2.14 bits per heavy atom. The minimum atomic E-state index is -2.88. The first-order valence-corrected chi connectivity index (χ1v) is 9.77. The highest BCUT2D eigenvalue weighted by atomic mass is 19.3. The van der Waals surface area contributed by atoms with Crippen LogP contribution in [0.2, 0.25) is 0 Å². The molecule has 0 aromatic carbocycles. The van der Waals surface area contributed by atoms with Crippen LogP contribution in [0.25, 0.3) is 5.57 Å². The van der Waals surface area contributed by atoms with Gasteiger partial charge in [0, 0.05) is 31.9 Å². The van der Waals surface area contributed by atoms with E-state index in [-0.39, 0.29) is 18.5 Å². The highest BCUT2D eigenvalue weighted by Crippen LogP contribution is 2.62. The normalized spacial score (nSPS) is 29.5. The summed E-state index contributed by atoms with van der Waals surface area (Å²) in [5.41, 5.74) is 1.08. The maximum Gasteiger partial charge on any atom is 0.263 e. The van der Waals surface area contributed by atoms with Crippen molar-refractivity contribution in [2.75, 3.05) is 5.32 Å².